The standard InChI is InChI=1S/C28H33N3O2/c1-20-5-3-4-6-26(20)27(18-28(30-33)24-11-14-29-21(2)17-24)23-7-9-25(10-8-23)31-15-12-22(19-32)13-16-31/h3-11,14,17,22,27,32-33H,12-13,15-16,18-19H2,1-2H3/b30-28-/t27-/m1/s1. The van der Waals surface area contributed by atoms with Crippen molar-refractivity contribution in [3.05, 3.63) is 94.8 Å². The van der Waals surface area contributed by atoms with E-state index in [1.54, 1.807) is 6.20 Å². The maximum atomic E-state index is 9.88. The van der Waals surface area contributed by atoms with Crippen LogP contribution in [0, 0.1) is 19.8 Å². The molecule has 0 unspecified atom stereocenters. The summed E-state index contributed by atoms with van der Waals surface area (Å²) in [5.41, 5.74) is 7.33. The predicted molar refractivity (Wildman–Crippen MR) is 133 cm³/mol. The van der Waals surface area contributed by atoms with E-state index in [2.05, 4.69) is 70.5 Å². The van der Waals surface area contributed by atoms with E-state index < -0.39 is 0 Å². The lowest BCUT2D eigenvalue weighted by atomic mass is 9.83. The highest BCUT2D eigenvalue weighted by Gasteiger charge is 2.22. The molecule has 0 amide bonds. The lowest BCUT2D eigenvalue weighted by Gasteiger charge is -2.33. The maximum Gasteiger partial charge on any atom is 0.0878 e. The fourth-order valence-electron chi connectivity index (χ4n) is 4.81. The number of aromatic nitrogens is 1. The molecule has 0 radical (unpaired) electrons. The van der Waals surface area contributed by atoms with Crippen LogP contribution in [0.15, 0.2) is 72.0 Å². The van der Waals surface area contributed by atoms with Crippen LogP contribution in [0.5, 0.6) is 0 Å². The van der Waals surface area contributed by atoms with Gasteiger partial charge in [0, 0.05) is 55.2 Å². The van der Waals surface area contributed by atoms with E-state index in [-0.39, 0.29) is 12.5 Å². The van der Waals surface area contributed by atoms with Crippen molar-refractivity contribution in [2.75, 3.05) is 24.6 Å². The second-order valence-corrected chi connectivity index (χ2v) is 9.05. The molecule has 172 valence electrons. The van der Waals surface area contributed by atoms with Gasteiger partial charge in [0.1, 0.15) is 0 Å². The number of nitrogens with zero attached hydrogens (tertiary/aromatic N) is 3. The van der Waals surface area contributed by atoms with Crippen LogP contribution in [0.2, 0.25) is 0 Å². The number of anilines is 1. The molecule has 33 heavy (non-hydrogen) atoms. The van der Waals surface area contributed by atoms with Crippen molar-refractivity contribution < 1.29 is 10.3 Å². The van der Waals surface area contributed by atoms with Gasteiger partial charge in [-0.25, -0.2) is 0 Å². The minimum absolute atomic E-state index is 0.0692. The van der Waals surface area contributed by atoms with E-state index in [9.17, 15) is 10.3 Å². The fourth-order valence-corrected chi connectivity index (χ4v) is 4.81. The van der Waals surface area contributed by atoms with Crippen molar-refractivity contribution in [2.24, 2.45) is 11.1 Å². The molecule has 0 saturated carbocycles. The van der Waals surface area contributed by atoms with Crippen molar-refractivity contribution >= 4 is 11.4 Å². The van der Waals surface area contributed by atoms with Crippen LogP contribution in [-0.4, -0.2) is 40.7 Å². The number of rotatable bonds is 7. The molecule has 2 N–H and O–H groups in total. The lowest BCUT2D eigenvalue weighted by Crippen LogP contribution is -2.34. The van der Waals surface area contributed by atoms with Gasteiger partial charge in [0.25, 0.3) is 0 Å². The van der Waals surface area contributed by atoms with Gasteiger partial charge in [0.15, 0.2) is 0 Å². The summed E-state index contributed by atoms with van der Waals surface area (Å²) < 4.78 is 0. The molecule has 2 aromatic carbocycles. The van der Waals surface area contributed by atoms with Gasteiger partial charge in [0.05, 0.1) is 5.71 Å². The maximum absolute atomic E-state index is 9.88. The van der Waals surface area contributed by atoms with E-state index in [1.165, 1.54) is 22.4 Å². The second kappa shape index (κ2) is 10.6. The molecule has 1 atom stereocenters. The Kier molecular flexibility index (Phi) is 7.40. The summed E-state index contributed by atoms with van der Waals surface area (Å²) in [6, 6.07) is 21.1. The smallest absolute Gasteiger partial charge is 0.0878 e. The van der Waals surface area contributed by atoms with Gasteiger partial charge in [-0.2, -0.15) is 0 Å². The van der Waals surface area contributed by atoms with E-state index >= 15 is 0 Å². The van der Waals surface area contributed by atoms with Gasteiger partial charge in [-0.3, -0.25) is 4.98 Å². The van der Waals surface area contributed by atoms with Gasteiger partial charge in [-0.05, 0) is 73.6 Å². The third-order valence-corrected chi connectivity index (χ3v) is 6.85. The molecule has 5 nitrogen and oxygen atoms in total. The van der Waals surface area contributed by atoms with Crippen LogP contribution in [0.25, 0.3) is 0 Å². The first-order chi connectivity index (χ1) is 16.1. The van der Waals surface area contributed by atoms with E-state index in [0.29, 0.717) is 18.1 Å². The minimum Gasteiger partial charge on any atom is -0.411 e. The second-order valence-electron chi connectivity index (χ2n) is 9.05. The Morgan fingerprint density at radius 2 is 1.79 bits per heavy atom. The summed E-state index contributed by atoms with van der Waals surface area (Å²) in [6.07, 6.45) is 4.41. The normalized spacial score (nSPS) is 16.1. The Morgan fingerprint density at radius 3 is 2.42 bits per heavy atom. The number of aliphatic hydroxyl groups is 1. The van der Waals surface area contributed by atoms with Crippen molar-refractivity contribution in [2.45, 2.75) is 39.0 Å². The summed E-state index contributed by atoms with van der Waals surface area (Å²) in [4.78, 5) is 6.68. The molecule has 1 aliphatic rings. The number of piperidine rings is 1. The molecule has 1 fully saturated rings. The van der Waals surface area contributed by atoms with Crippen molar-refractivity contribution in [1.29, 1.82) is 0 Å². The molecule has 2 heterocycles. The van der Waals surface area contributed by atoms with Gasteiger partial charge in [-0.1, -0.05) is 41.6 Å². The average Bonchev–Trinajstić information content (AvgIpc) is 2.86. The van der Waals surface area contributed by atoms with Crippen molar-refractivity contribution in [3.63, 3.8) is 0 Å². The Hall–Kier alpha value is -3.18. The monoisotopic (exact) mass is 443 g/mol. The number of hydrogen-bond acceptors (Lipinski definition) is 5. The number of oxime groups is 1. The van der Waals surface area contributed by atoms with Crippen LogP contribution in [0.1, 0.15) is 53.1 Å². The summed E-state index contributed by atoms with van der Waals surface area (Å²) in [5, 5.41) is 23.0. The predicted octanol–water partition coefficient (Wildman–Crippen LogP) is 5.31. The molecule has 1 aromatic heterocycles. The zero-order chi connectivity index (χ0) is 23.2. The Bertz CT molecular complexity index is 1090. The number of hydrogen-bond donors (Lipinski definition) is 2. The summed E-state index contributed by atoms with van der Waals surface area (Å²) >= 11 is 0. The molecule has 0 aliphatic carbocycles. The fraction of sp³-hybridized carbons (Fsp3) is 0.357. The number of aryl methyl sites for hydroxylation is 2. The largest absolute Gasteiger partial charge is 0.411 e. The van der Waals surface area contributed by atoms with Crippen LogP contribution in [-0.2, 0) is 0 Å². The molecule has 3 aromatic rings. The van der Waals surface area contributed by atoms with Crippen molar-refractivity contribution in [1.82, 2.24) is 4.98 Å². The zero-order valence-corrected chi connectivity index (χ0v) is 19.5. The van der Waals surface area contributed by atoms with Gasteiger partial charge >= 0.3 is 0 Å². The number of pyridine rings is 1. The van der Waals surface area contributed by atoms with Crippen molar-refractivity contribution in [3.8, 4) is 0 Å². The topological polar surface area (TPSA) is 69.0 Å². The van der Waals surface area contributed by atoms with E-state index in [0.717, 1.165) is 37.2 Å². The van der Waals surface area contributed by atoms with Crippen LogP contribution >= 0.6 is 0 Å². The first kappa shape index (κ1) is 23.0. The lowest BCUT2D eigenvalue weighted by molar-refractivity contribution is 0.203. The van der Waals surface area contributed by atoms with E-state index in [4.69, 9.17) is 0 Å². The SMILES string of the molecule is Cc1cc(/C(C[C@H](c2ccc(N3CCC(CO)CC3)cc2)c2ccccc2C)=N\O)ccn1. The molecule has 5 heteroatoms. The van der Waals surface area contributed by atoms with E-state index in [1.807, 2.05) is 19.1 Å². The van der Waals surface area contributed by atoms with Crippen LogP contribution in [0.3, 0.4) is 0 Å². The highest BCUT2D eigenvalue weighted by molar-refractivity contribution is 6.01. The molecular weight excluding hydrogens is 410 g/mol. The van der Waals surface area contributed by atoms with Crippen LogP contribution in [0.4, 0.5) is 5.69 Å². The quantitative estimate of drug-likeness (QED) is 0.295. The average molecular weight is 444 g/mol. The number of benzene rings is 2. The minimum atomic E-state index is 0.0692. The molecular formula is C28H33N3O2. The van der Waals surface area contributed by atoms with Crippen LogP contribution < -0.4 is 4.90 Å². The first-order valence-corrected chi connectivity index (χ1v) is 11.7. The summed E-state index contributed by atoms with van der Waals surface area (Å²) in [7, 11) is 0. The third-order valence-electron chi connectivity index (χ3n) is 6.85. The van der Waals surface area contributed by atoms with Gasteiger partial charge in [0.2, 0.25) is 0 Å². The third kappa shape index (κ3) is 5.42. The molecule has 0 spiro atoms. The zero-order valence-electron chi connectivity index (χ0n) is 19.5. The highest BCUT2D eigenvalue weighted by Crippen LogP contribution is 2.33. The first-order valence-electron chi connectivity index (χ1n) is 11.7. The Morgan fingerprint density at radius 1 is 1.06 bits per heavy atom. The Balaban J connectivity index is 1.62. The van der Waals surface area contributed by atoms with Gasteiger partial charge < -0.3 is 15.2 Å². The Labute approximate surface area is 196 Å². The molecule has 1 saturated heterocycles. The number of aliphatic hydroxyl groups excluding tert-OH is 1. The molecule has 4 rings (SSSR count). The highest BCUT2D eigenvalue weighted by atomic mass is 16.4. The molecule has 0 bridgehead atoms. The summed E-state index contributed by atoms with van der Waals surface area (Å²) in [5.74, 6) is 0.499. The molecule has 1 aliphatic heterocycles. The summed E-state index contributed by atoms with van der Waals surface area (Å²) in [6.45, 7) is 6.33. The van der Waals surface area contributed by atoms with Gasteiger partial charge in [-0.15, -0.1) is 0 Å².